The monoisotopic (exact) mass is 302 g/mol. The molecule has 0 heterocycles. The Balaban J connectivity index is 2.09. The van der Waals surface area contributed by atoms with Gasteiger partial charge in [-0.1, -0.05) is 17.7 Å². The van der Waals surface area contributed by atoms with Gasteiger partial charge in [-0.3, -0.25) is 4.79 Å². The van der Waals surface area contributed by atoms with E-state index in [9.17, 15) is 4.79 Å². The van der Waals surface area contributed by atoms with E-state index in [-0.39, 0.29) is 5.78 Å². The number of benzene rings is 2. The summed E-state index contributed by atoms with van der Waals surface area (Å²) in [6, 6.07) is 13.4. The van der Waals surface area contributed by atoms with Crippen molar-refractivity contribution in [2.45, 2.75) is 11.8 Å². The number of hydrogen-bond acceptors (Lipinski definition) is 4. The Morgan fingerprint density at radius 1 is 1.05 bits per heavy atom. The summed E-state index contributed by atoms with van der Waals surface area (Å²) in [4.78, 5) is 13.4. The van der Waals surface area contributed by atoms with Crippen LogP contribution in [0.3, 0.4) is 0 Å². The van der Waals surface area contributed by atoms with Crippen LogP contribution in [0, 0.1) is 6.92 Å². The second-order valence-corrected chi connectivity index (χ2v) is 5.68. The molecule has 2 aromatic carbocycles. The van der Waals surface area contributed by atoms with Crippen molar-refractivity contribution in [2.24, 2.45) is 0 Å². The lowest BCUT2D eigenvalue weighted by atomic mass is 10.1. The minimum Gasteiger partial charge on any atom is -0.497 e. The van der Waals surface area contributed by atoms with E-state index in [4.69, 9.17) is 9.47 Å². The SMILES string of the molecule is COc1cc(OC)cc(C(=O)CSc2cccc(C)c2)c1. The Kier molecular flexibility index (Phi) is 5.28. The van der Waals surface area contributed by atoms with Crippen molar-refractivity contribution < 1.29 is 14.3 Å². The predicted octanol–water partition coefficient (Wildman–Crippen LogP) is 3.99. The van der Waals surface area contributed by atoms with Gasteiger partial charge < -0.3 is 9.47 Å². The quantitative estimate of drug-likeness (QED) is 0.597. The highest BCUT2D eigenvalue weighted by Crippen LogP contribution is 2.25. The number of methoxy groups -OCH3 is 2. The van der Waals surface area contributed by atoms with E-state index in [1.54, 1.807) is 32.4 Å². The van der Waals surface area contributed by atoms with Crippen LogP contribution in [0.4, 0.5) is 0 Å². The van der Waals surface area contributed by atoms with Crippen molar-refractivity contribution in [3.05, 3.63) is 53.6 Å². The molecule has 2 aromatic rings. The Morgan fingerprint density at radius 3 is 2.29 bits per heavy atom. The van der Waals surface area contributed by atoms with Crippen LogP contribution in [0.25, 0.3) is 0 Å². The molecule has 21 heavy (non-hydrogen) atoms. The van der Waals surface area contributed by atoms with E-state index >= 15 is 0 Å². The molecular formula is C17H18O3S. The Hall–Kier alpha value is -1.94. The average molecular weight is 302 g/mol. The van der Waals surface area contributed by atoms with Crippen LogP contribution in [0.15, 0.2) is 47.4 Å². The summed E-state index contributed by atoms with van der Waals surface area (Å²) < 4.78 is 10.4. The largest absolute Gasteiger partial charge is 0.497 e. The molecule has 0 saturated heterocycles. The maximum atomic E-state index is 12.3. The summed E-state index contributed by atoms with van der Waals surface area (Å²) in [5, 5.41) is 0. The molecule has 0 radical (unpaired) electrons. The summed E-state index contributed by atoms with van der Waals surface area (Å²) in [5.41, 5.74) is 1.79. The second-order valence-electron chi connectivity index (χ2n) is 4.63. The Morgan fingerprint density at radius 2 is 1.71 bits per heavy atom. The fourth-order valence-electron chi connectivity index (χ4n) is 1.91. The summed E-state index contributed by atoms with van der Waals surface area (Å²) in [6.07, 6.45) is 0. The van der Waals surface area contributed by atoms with Crippen LogP contribution in [0.2, 0.25) is 0 Å². The van der Waals surface area contributed by atoms with Crippen molar-refractivity contribution >= 4 is 17.5 Å². The van der Waals surface area contributed by atoms with Gasteiger partial charge >= 0.3 is 0 Å². The summed E-state index contributed by atoms with van der Waals surface area (Å²) in [7, 11) is 3.15. The molecule has 0 bridgehead atoms. The average Bonchev–Trinajstić information content (AvgIpc) is 2.52. The number of rotatable bonds is 6. The first-order valence-electron chi connectivity index (χ1n) is 6.58. The molecule has 0 fully saturated rings. The second kappa shape index (κ2) is 7.18. The van der Waals surface area contributed by atoms with Crippen molar-refractivity contribution in [1.29, 1.82) is 0 Å². The Labute approximate surface area is 129 Å². The molecule has 0 saturated carbocycles. The molecule has 0 aliphatic rings. The first-order valence-corrected chi connectivity index (χ1v) is 7.56. The van der Waals surface area contributed by atoms with E-state index in [0.29, 0.717) is 22.8 Å². The van der Waals surface area contributed by atoms with Gasteiger partial charge in [0.15, 0.2) is 5.78 Å². The van der Waals surface area contributed by atoms with Gasteiger partial charge in [-0.25, -0.2) is 0 Å². The molecule has 0 unspecified atom stereocenters. The number of hydrogen-bond donors (Lipinski definition) is 0. The lowest BCUT2D eigenvalue weighted by molar-refractivity contribution is 0.102. The maximum Gasteiger partial charge on any atom is 0.173 e. The van der Waals surface area contributed by atoms with E-state index in [1.165, 1.54) is 17.3 Å². The first kappa shape index (κ1) is 15.4. The summed E-state index contributed by atoms with van der Waals surface area (Å²) >= 11 is 1.53. The molecule has 0 aromatic heterocycles. The van der Waals surface area contributed by atoms with Crippen LogP contribution in [0.5, 0.6) is 11.5 Å². The lowest BCUT2D eigenvalue weighted by Gasteiger charge is -2.08. The van der Waals surface area contributed by atoms with Crippen LogP contribution < -0.4 is 9.47 Å². The molecule has 2 rings (SSSR count). The number of Topliss-reactive ketones (excluding diaryl/α,β-unsaturated/α-hetero) is 1. The van der Waals surface area contributed by atoms with Gasteiger partial charge in [0.1, 0.15) is 11.5 Å². The van der Waals surface area contributed by atoms with Crippen LogP contribution in [0.1, 0.15) is 15.9 Å². The number of carbonyl (C=O) groups is 1. The molecule has 110 valence electrons. The Bertz CT molecular complexity index is 615. The van der Waals surface area contributed by atoms with Crippen molar-refractivity contribution in [3.8, 4) is 11.5 Å². The molecule has 4 heteroatoms. The number of thioether (sulfide) groups is 1. The van der Waals surface area contributed by atoms with E-state index < -0.39 is 0 Å². The van der Waals surface area contributed by atoms with Gasteiger partial charge in [-0.05, 0) is 31.2 Å². The van der Waals surface area contributed by atoms with Gasteiger partial charge in [0.05, 0.1) is 20.0 Å². The zero-order valence-corrected chi connectivity index (χ0v) is 13.2. The van der Waals surface area contributed by atoms with E-state index in [0.717, 1.165) is 4.90 Å². The van der Waals surface area contributed by atoms with E-state index in [2.05, 4.69) is 6.07 Å². The van der Waals surface area contributed by atoms with Crippen LogP contribution in [-0.4, -0.2) is 25.8 Å². The number of carbonyl (C=O) groups excluding carboxylic acids is 1. The fourth-order valence-corrected chi connectivity index (χ4v) is 2.81. The zero-order valence-electron chi connectivity index (χ0n) is 12.4. The smallest absolute Gasteiger partial charge is 0.173 e. The third-order valence-corrected chi connectivity index (χ3v) is 4.03. The highest BCUT2D eigenvalue weighted by atomic mass is 32.2. The van der Waals surface area contributed by atoms with Gasteiger partial charge in [0.25, 0.3) is 0 Å². The lowest BCUT2D eigenvalue weighted by Crippen LogP contribution is -2.03. The van der Waals surface area contributed by atoms with Crippen molar-refractivity contribution in [2.75, 3.05) is 20.0 Å². The predicted molar refractivity (Wildman–Crippen MR) is 85.8 cm³/mol. The fraction of sp³-hybridized carbons (Fsp3) is 0.235. The third kappa shape index (κ3) is 4.26. The van der Waals surface area contributed by atoms with Gasteiger partial charge in [0, 0.05) is 16.5 Å². The molecule has 3 nitrogen and oxygen atoms in total. The van der Waals surface area contributed by atoms with Crippen molar-refractivity contribution in [3.63, 3.8) is 0 Å². The highest BCUT2D eigenvalue weighted by molar-refractivity contribution is 8.00. The van der Waals surface area contributed by atoms with Crippen LogP contribution >= 0.6 is 11.8 Å². The van der Waals surface area contributed by atoms with Gasteiger partial charge in [-0.2, -0.15) is 0 Å². The minimum atomic E-state index is 0.0544. The van der Waals surface area contributed by atoms with E-state index in [1.807, 2.05) is 25.1 Å². The maximum absolute atomic E-state index is 12.3. The molecule has 0 aliphatic carbocycles. The summed E-state index contributed by atoms with van der Waals surface area (Å²) in [6.45, 7) is 2.04. The molecule has 0 atom stereocenters. The standard InChI is InChI=1S/C17H18O3S/c1-12-5-4-6-16(7-12)21-11-17(18)13-8-14(19-2)10-15(9-13)20-3/h4-10H,11H2,1-3H3. The molecule has 0 amide bonds. The number of ketones is 1. The minimum absolute atomic E-state index is 0.0544. The van der Waals surface area contributed by atoms with Gasteiger partial charge in [0.2, 0.25) is 0 Å². The number of ether oxygens (including phenoxy) is 2. The normalized spacial score (nSPS) is 10.2. The van der Waals surface area contributed by atoms with Gasteiger partial charge in [-0.15, -0.1) is 11.8 Å². The third-order valence-electron chi connectivity index (χ3n) is 3.03. The molecular weight excluding hydrogens is 284 g/mol. The molecule has 0 aliphatic heterocycles. The first-order chi connectivity index (χ1) is 10.1. The zero-order chi connectivity index (χ0) is 15.2. The highest BCUT2D eigenvalue weighted by Gasteiger charge is 2.10. The van der Waals surface area contributed by atoms with Crippen LogP contribution in [-0.2, 0) is 0 Å². The number of aryl methyl sites for hydroxylation is 1. The topological polar surface area (TPSA) is 35.5 Å². The van der Waals surface area contributed by atoms with Crippen molar-refractivity contribution in [1.82, 2.24) is 0 Å². The molecule has 0 N–H and O–H groups in total. The summed E-state index contributed by atoms with van der Waals surface area (Å²) in [5.74, 6) is 1.69. The molecule has 0 spiro atoms.